The van der Waals surface area contributed by atoms with Crippen LogP contribution in [-0.4, -0.2) is 64.5 Å². The topological polar surface area (TPSA) is 102 Å². The molecule has 1 aromatic carbocycles. The van der Waals surface area contributed by atoms with Crippen molar-refractivity contribution in [2.75, 3.05) is 39.4 Å². The molecule has 2 aromatic heterocycles. The first-order chi connectivity index (χ1) is 14.0. The summed E-state index contributed by atoms with van der Waals surface area (Å²) in [6.07, 6.45) is 1.81. The van der Waals surface area contributed by atoms with Gasteiger partial charge in [-0.15, -0.1) is 0 Å². The second kappa shape index (κ2) is 8.27. The molecule has 1 fully saturated rings. The van der Waals surface area contributed by atoms with E-state index in [1.165, 1.54) is 23.5 Å². The number of rotatable bonds is 6. The number of nitro benzene ring substituents is 1. The zero-order valence-electron chi connectivity index (χ0n) is 16.0. The number of amides is 1. The molecule has 1 N–H and O–H groups in total. The minimum absolute atomic E-state index is 0.0240. The molecule has 0 bridgehead atoms. The predicted octanol–water partition coefficient (Wildman–Crippen LogP) is 2.34. The summed E-state index contributed by atoms with van der Waals surface area (Å²) >= 11 is 1.32. The van der Waals surface area contributed by atoms with Gasteiger partial charge in [0.25, 0.3) is 11.6 Å². The molecular formula is C19H21N5O4S. The third-order valence-corrected chi connectivity index (χ3v) is 6.09. The maximum atomic E-state index is 12.6. The van der Waals surface area contributed by atoms with Crippen molar-refractivity contribution in [2.45, 2.75) is 6.92 Å². The third-order valence-electron chi connectivity index (χ3n) is 4.93. The molecule has 0 radical (unpaired) electrons. The van der Waals surface area contributed by atoms with Crippen LogP contribution in [0.2, 0.25) is 0 Å². The smallest absolute Gasteiger partial charge is 0.270 e. The van der Waals surface area contributed by atoms with E-state index in [1.54, 1.807) is 12.1 Å². The summed E-state index contributed by atoms with van der Waals surface area (Å²) in [5.41, 5.74) is 2.14. The lowest BCUT2D eigenvalue weighted by molar-refractivity contribution is -0.384. The minimum atomic E-state index is -0.424. The molecule has 0 unspecified atom stereocenters. The van der Waals surface area contributed by atoms with Crippen LogP contribution in [0.5, 0.6) is 0 Å². The Balaban J connectivity index is 1.47. The number of nitrogens with zero attached hydrogens (tertiary/aromatic N) is 4. The van der Waals surface area contributed by atoms with Gasteiger partial charge < -0.3 is 10.1 Å². The number of aromatic nitrogens is 2. The number of thiazole rings is 1. The molecule has 1 aliphatic heterocycles. The van der Waals surface area contributed by atoms with Crippen molar-refractivity contribution < 1.29 is 14.5 Å². The van der Waals surface area contributed by atoms with E-state index in [2.05, 4.69) is 15.2 Å². The summed E-state index contributed by atoms with van der Waals surface area (Å²) in [6.45, 7) is 6.51. The number of ether oxygens (including phenoxy) is 1. The number of morpholine rings is 1. The zero-order valence-corrected chi connectivity index (χ0v) is 16.8. The maximum absolute atomic E-state index is 12.6. The van der Waals surface area contributed by atoms with E-state index in [0.717, 1.165) is 38.5 Å². The highest BCUT2D eigenvalue weighted by molar-refractivity contribution is 7.19. The maximum Gasteiger partial charge on any atom is 0.270 e. The van der Waals surface area contributed by atoms with Crippen molar-refractivity contribution in [3.8, 4) is 11.3 Å². The molecule has 0 saturated carbocycles. The average molecular weight is 415 g/mol. The van der Waals surface area contributed by atoms with E-state index in [4.69, 9.17) is 4.74 Å². The van der Waals surface area contributed by atoms with E-state index in [0.29, 0.717) is 27.6 Å². The van der Waals surface area contributed by atoms with Gasteiger partial charge in [-0.2, -0.15) is 0 Å². The molecule has 0 atom stereocenters. The van der Waals surface area contributed by atoms with Crippen LogP contribution in [-0.2, 0) is 4.74 Å². The molecule has 152 valence electrons. The van der Waals surface area contributed by atoms with Crippen molar-refractivity contribution in [1.82, 2.24) is 19.6 Å². The molecule has 1 saturated heterocycles. The second-order valence-electron chi connectivity index (χ2n) is 6.81. The molecule has 1 amide bonds. The number of hydrogen-bond acceptors (Lipinski definition) is 7. The quantitative estimate of drug-likeness (QED) is 0.490. The van der Waals surface area contributed by atoms with Crippen molar-refractivity contribution >= 4 is 27.9 Å². The van der Waals surface area contributed by atoms with Crippen LogP contribution >= 0.6 is 11.3 Å². The van der Waals surface area contributed by atoms with Crippen LogP contribution < -0.4 is 5.32 Å². The third kappa shape index (κ3) is 4.14. The van der Waals surface area contributed by atoms with Crippen LogP contribution in [0.1, 0.15) is 15.4 Å². The van der Waals surface area contributed by atoms with Crippen LogP contribution in [0.25, 0.3) is 16.2 Å². The zero-order chi connectivity index (χ0) is 20.4. The number of aryl methyl sites for hydroxylation is 1. The van der Waals surface area contributed by atoms with Gasteiger partial charge in [0.2, 0.25) is 0 Å². The lowest BCUT2D eigenvalue weighted by Crippen LogP contribution is -2.41. The number of nitrogens with one attached hydrogen (secondary N) is 1. The normalized spacial score (nSPS) is 14.9. The summed E-state index contributed by atoms with van der Waals surface area (Å²) in [4.78, 5) is 31.3. The fraction of sp³-hybridized carbons (Fsp3) is 0.368. The molecule has 10 heteroatoms. The second-order valence-corrected chi connectivity index (χ2v) is 7.79. The largest absolute Gasteiger partial charge is 0.379 e. The summed E-state index contributed by atoms with van der Waals surface area (Å²) < 4.78 is 7.18. The van der Waals surface area contributed by atoms with Crippen LogP contribution in [0.15, 0.2) is 30.5 Å². The Kier molecular flexibility index (Phi) is 5.56. The molecule has 1 aliphatic rings. The first-order valence-corrected chi connectivity index (χ1v) is 10.2. The SMILES string of the molecule is Cc1c(C(=O)NCCN2CCOCC2)sc2nc(-c3cccc([N+](=O)[O-])c3)cn12. The summed E-state index contributed by atoms with van der Waals surface area (Å²) in [6, 6.07) is 6.38. The van der Waals surface area contributed by atoms with Crippen molar-refractivity contribution in [3.63, 3.8) is 0 Å². The van der Waals surface area contributed by atoms with E-state index in [9.17, 15) is 14.9 Å². The van der Waals surface area contributed by atoms with Gasteiger partial charge in [-0.05, 0) is 6.92 Å². The highest BCUT2D eigenvalue weighted by Crippen LogP contribution is 2.28. The number of nitro groups is 1. The van der Waals surface area contributed by atoms with Crippen molar-refractivity contribution in [1.29, 1.82) is 0 Å². The number of imidazole rings is 1. The molecule has 3 heterocycles. The van der Waals surface area contributed by atoms with Crippen LogP contribution in [0.3, 0.4) is 0 Å². The molecule has 29 heavy (non-hydrogen) atoms. The Labute approximate surface area is 171 Å². The van der Waals surface area contributed by atoms with E-state index >= 15 is 0 Å². The number of hydrogen-bond donors (Lipinski definition) is 1. The molecule has 0 spiro atoms. The van der Waals surface area contributed by atoms with Crippen LogP contribution in [0, 0.1) is 17.0 Å². The standard InChI is InChI=1S/C19H21N5O4S/c1-13-17(18(25)20-5-6-22-7-9-28-10-8-22)29-19-21-16(12-23(13)19)14-3-2-4-15(11-14)24(26)27/h2-4,11-12H,5-10H2,1H3,(H,20,25). The van der Waals surface area contributed by atoms with Crippen molar-refractivity contribution in [3.05, 3.63) is 51.1 Å². The molecule has 4 rings (SSSR count). The number of carbonyl (C=O) groups is 1. The van der Waals surface area contributed by atoms with Gasteiger partial charge in [0, 0.05) is 55.8 Å². The number of non-ortho nitro benzene ring substituents is 1. The average Bonchev–Trinajstić information content (AvgIpc) is 3.28. The van der Waals surface area contributed by atoms with Gasteiger partial charge in [0.1, 0.15) is 4.88 Å². The first kappa shape index (κ1) is 19.5. The van der Waals surface area contributed by atoms with E-state index in [-0.39, 0.29) is 11.6 Å². The summed E-state index contributed by atoms with van der Waals surface area (Å²) in [7, 11) is 0. The summed E-state index contributed by atoms with van der Waals surface area (Å²) in [5, 5.41) is 14.0. The van der Waals surface area contributed by atoms with E-state index in [1.807, 2.05) is 17.5 Å². The van der Waals surface area contributed by atoms with Crippen LogP contribution in [0.4, 0.5) is 5.69 Å². The Bertz CT molecular complexity index is 1050. The molecule has 9 nitrogen and oxygen atoms in total. The lowest BCUT2D eigenvalue weighted by Gasteiger charge is -2.26. The predicted molar refractivity (Wildman–Crippen MR) is 109 cm³/mol. The summed E-state index contributed by atoms with van der Waals surface area (Å²) in [5.74, 6) is -0.108. The van der Waals surface area contributed by atoms with Gasteiger partial charge in [-0.25, -0.2) is 4.98 Å². The Hall–Kier alpha value is -2.82. The van der Waals surface area contributed by atoms with Gasteiger partial charge in [-0.3, -0.25) is 24.2 Å². The molecular weight excluding hydrogens is 394 g/mol. The van der Waals surface area contributed by atoms with E-state index < -0.39 is 4.92 Å². The Morgan fingerprint density at radius 1 is 1.38 bits per heavy atom. The number of carbonyl (C=O) groups excluding carboxylic acids is 1. The number of fused-ring (bicyclic) bond motifs is 1. The lowest BCUT2D eigenvalue weighted by atomic mass is 10.1. The van der Waals surface area contributed by atoms with Gasteiger partial charge in [0.05, 0.1) is 23.8 Å². The van der Waals surface area contributed by atoms with Gasteiger partial charge >= 0.3 is 0 Å². The monoisotopic (exact) mass is 415 g/mol. The van der Waals surface area contributed by atoms with Crippen molar-refractivity contribution in [2.24, 2.45) is 0 Å². The minimum Gasteiger partial charge on any atom is -0.379 e. The van der Waals surface area contributed by atoms with Gasteiger partial charge in [0.15, 0.2) is 4.96 Å². The Morgan fingerprint density at radius 3 is 2.90 bits per heavy atom. The fourth-order valence-corrected chi connectivity index (χ4v) is 4.34. The highest BCUT2D eigenvalue weighted by atomic mass is 32.1. The molecule has 0 aliphatic carbocycles. The fourth-order valence-electron chi connectivity index (χ4n) is 3.31. The number of benzene rings is 1. The molecule has 3 aromatic rings. The Morgan fingerprint density at radius 2 is 2.17 bits per heavy atom. The van der Waals surface area contributed by atoms with Gasteiger partial charge in [-0.1, -0.05) is 23.5 Å². The highest BCUT2D eigenvalue weighted by Gasteiger charge is 2.19. The first-order valence-electron chi connectivity index (χ1n) is 9.34.